The van der Waals surface area contributed by atoms with Gasteiger partial charge in [0, 0.05) is 12.6 Å². The van der Waals surface area contributed by atoms with Crippen LogP contribution in [0.15, 0.2) is 0 Å². The average Bonchev–Trinajstić information content (AvgIpc) is 2.70. The molecule has 1 rings (SSSR count). The Morgan fingerprint density at radius 2 is 2.08 bits per heavy atom. The lowest BCUT2D eigenvalue weighted by Crippen LogP contribution is -2.51. The summed E-state index contributed by atoms with van der Waals surface area (Å²) in [5.41, 5.74) is 5.02. The number of rotatable bonds is 3. The Morgan fingerprint density at radius 3 is 2.33 bits per heavy atom. The van der Waals surface area contributed by atoms with Gasteiger partial charge in [-0.15, -0.1) is 0 Å². The number of nitrogens with two attached hydrogens (primary N) is 1. The van der Waals surface area contributed by atoms with E-state index in [0.29, 0.717) is 6.04 Å². The van der Waals surface area contributed by atoms with Gasteiger partial charge in [-0.25, -0.2) is 0 Å². The highest BCUT2D eigenvalue weighted by Gasteiger charge is 2.36. The number of hydrogen-bond donors (Lipinski definition) is 1. The van der Waals surface area contributed by atoms with Crippen LogP contribution in [-0.2, 0) is 4.79 Å². The van der Waals surface area contributed by atoms with Crippen LogP contribution < -0.4 is 5.73 Å². The fourth-order valence-corrected chi connectivity index (χ4v) is 1.32. The van der Waals surface area contributed by atoms with Crippen LogP contribution in [0.2, 0.25) is 0 Å². The van der Waals surface area contributed by atoms with E-state index in [1.54, 1.807) is 13.8 Å². The SMILES string of the molecule is CCN(C(=O)C(C)(C)N)C1CC1. The molecule has 0 aromatic carbocycles. The number of amides is 1. The summed E-state index contributed by atoms with van der Waals surface area (Å²) in [6, 6.07) is 0.477. The fraction of sp³-hybridized carbons (Fsp3) is 0.889. The Balaban J connectivity index is 2.59. The second kappa shape index (κ2) is 3.05. The van der Waals surface area contributed by atoms with E-state index >= 15 is 0 Å². The molecule has 0 aromatic heterocycles. The Morgan fingerprint density at radius 1 is 1.58 bits per heavy atom. The normalized spacial score (nSPS) is 17.7. The van der Waals surface area contributed by atoms with Gasteiger partial charge >= 0.3 is 0 Å². The van der Waals surface area contributed by atoms with Gasteiger partial charge in [0.2, 0.25) is 5.91 Å². The topological polar surface area (TPSA) is 46.3 Å². The van der Waals surface area contributed by atoms with E-state index in [0.717, 1.165) is 19.4 Å². The minimum atomic E-state index is -0.710. The van der Waals surface area contributed by atoms with Crippen molar-refractivity contribution in [2.24, 2.45) is 5.73 Å². The lowest BCUT2D eigenvalue weighted by Gasteiger charge is -2.28. The van der Waals surface area contributed by atoms with Crippen LogP contribution in [0, 0.1) is 0 Å². The van der Waals surface area contributed by atoms with E-state index < -0.39 is 5.54 Å². The Labute approximate surface area is 73.9 Å². The highest BCUT2D eigenvalue weighted by molar-refractivity contribution is 5.85. The van der Waals surface area contributed by atoms with Crippen molar-refractivity contribution >= 4 is 5.91 Å². The van der Waals surface area contributed by atoms with E-state index in [9.17, 15) is 4.79 Å². The molecule has 2 N–H and O–H groups in total. The van der Waals surface area contributed by atoms with Gasteiger partial charge in [0.15, 0.2) is 0 Å². The van der Waals surface area contributed by atoms with Crippen molar-refractivity contribution in [3.63, 3.8) is 0 Å². The smallest absolute Gasteiger partial charge is 0.242 e. The lowest BCUT2D eigenvalue weighted by atomic mass is 10.1. The lowest BCUT2D eigenvalue weighted by molar-refractivity contribution is -0.136. The standard InChI is InChI=1S/C9H18N2O/c1-4-11(7-5-6-7)8(12)9(2,3)10/h7H,4-6,10H2,1-3H3. The highest BCUT2D eigenvalue weighted by atomic mass is 16.2. The Kier molecular flexibility index (Phi) is 2.42. The first kappa shape index (κ1) is 9.52. The molecule has 1 saturated carbocycles. The molecule has 1 amide bonds. The molecule has 0 aromatic rings. The van der Waals surface area contributed by atoms with Crippen molar-refractivity contribution in [2.75, 3.05) is 6.54 Å². The van der Waals surface area contributed by atoms with Crippen LogP contribution in [-0.4, -0.2) is 28.9 Å². The number of nitrogens with zero attached hydrogens (tertiary/aromatic N) is 1. The van der Waals surface area contributed by atoms with Crippen molar-refractivity contribution in [2.45, 2.75) is 45.2 Å². The molecule has 0 radical (unpaired) electrons. The van der Waals surface area contributed by atoms with Crippen molar-refractivity contribution in [3.8, 4) is 0 Å². The van der Waals surface area contributed by atoms with Gasteiger partial charge in [0.1, 0.15) is 0 Å². The molecule has 0 atom stereocenters. The minimum absolute atomic E-state index is 0.0764. The molecule has 1 fully saturated rings. The maximum atomic E-state index is 11.7. The zero-order chi connectivity index (χ0) is 9.35. The molecule has 70 valence electrons. The third-order valence-electron chi connectivity index (χ3n) is 2.14. The monoisotopic (exact) mass is 170 g/mol. The molecule has 1 aliphatic carbocycles. The predicted molar refractivity (Wildman–Crippen MR) is 48.7 cm³/mol. The fourth-order valence-electron chi connectivity index (χ4n) is 1.32. The van der Waals surface area contributed by atoms with Crippen LogP contribution in [0.25, 0.3) is 0 Å². The first-order valence-corrected chi connectivity index (χ1v) is 4.56. The maximum absolute atomic E-state index is 11.7. The van der Waals surface area contributed by atoms with Gasteiger partial charge in [-0.2, -0.15) is 0 Å². The van der Waals surface area contributed by atoms with Gasteiger partial charge in [0.25, 0.3) is 0 Å². The number of likely N-dealkylation sites (N-methyl/N-ethyl adjacent to an activating group) is 1. The summed E-state index contributed by atoms with van der Waals surface area (Å²) in [6.45, 7) is 6.31. The second-order valence-electron chi connectivity index (χ2n) is 4.04. The highest BCUT2D eigenvalue weighted by Crippen LogP contribution is 2.27. The summed E-state index contributed by atoms with van der Waals surface area (Å²) in [7, 11) is 0. The zero-order valence-corrected chi connectivity index (χ0v) is 8.13. The van der Waals surface area contributed by atoms with Crippen LogP contribution in [0.5, 0.6) is 0 Å². The summed E-state index contributed by atoms with van der Waals surface area (Å²) >= 11 is 0. The molecule has 0 unspecified atom stereocenters. The summed E-state index contributed by atoms with van der Waals surface area (Å²) in [5, 5.41) is 0. The number of carbonyl (C=O) groups excluding carboxylic acids is 1. The van der Waals surface area contributed by atoms with E-state index in [-0.39, 0.29) is 5.91 Å². The Bertz CT molecular complexity index is 179. The van der Waals surface area contributed by atoms with Gasteiger partial charge in [-0.1, -0.05) is 0 Å². The van der Waals surface area contributed by atoms with Crippen molar-refractivity contribution in [1.29, 1.82) is 0 Å². The molecule has 3 heteroatoms. The maximum Gasteiger partial charge on any atom is 0.242 e. The zero-order valence-electron chi connectivity index (χ0n) is 8.13. The van der Waals surface area contributed by atoms with Crippen molar-refractivity contribution in [1.82, 2.24) is 4.90 Å². The quantitative estimate of drug-likeness (QED) is 0.679. The molecular weight excluding hydrogens is 152 g/mol. The number of carbonyl (C=O) groups is 1. The van der Waals surface area contributed by atoms with Crippen molar-refractivity contribution < 1.29 is 4.79 Å². The molecule has 1 aliphatic rings. The molecule has 0 aliphatic heterocycles. The summed E-state index contributed by atoms with van der Waals surface area (Å²) in [5.74, 6) is 0.0764. The molecular formula is C9H18N2O. The summed E-state index contributed by atoms with van der Waals surface area (Å²) in [4.78, 5) is 13.6. The largest absolute Gasteiger partial charge is 0.338 e. The number of hydrogen-bond acceptors (Lipinski definition) is 2. The predicted octanol–water partition coefficient (Wildman–Crippen LogP) is 0.735. The molecule has 3 nitrogen and oxygen atoms in total. The molecule has 0 spiro atoms. The molecule has 0 saturated heterocycles. The summed E-state index contributed by atoms with van der Waals surface area (Å²) in [6.07, 6.45) is 2.30. The van der Waals surface area contributed by atoms with Gasteiger partial charge in [-0.05, 0) is 33.6 Å². The van der Waals surface area contributed by atoms with E-state index in [2.05, 4.69) is 0 Å². The van der Waals surface area contributed by atoms with Crippen LogP contribution in [0.1, 0.15) is 33.6 Å². The minimum Gasteiger partial charge on any atom is -0.338 e. The van der Waals surface area contributed by atoms with Crippen LogP contribution in [0.4, 0.5) is 0 Å². The van der Waals surface area contributed by atoms with Crippen molar-refractivity contribution in [3.05, 3.63) is 0 Å². The van der Waals surface area contributed by atoms with E-state index in [1.165, 1.54) is 0 Å². The molecule has 0 heterocycles. The summed E-state index contributed by atoms with van der Waals surface area (Å²) < 4.78 is 0. The van der Waals surface area contributed by atoms with E-state index in [1.807, 2.05) is 11.8 Å². The van der Waals surface area contributed by atoms with Gasteiger partial charge in [0.05, 0.1) is 5.54 Å². The molecule has 0 bridgehead atoms. The third kappa shape index (κ3) is 1.97. The average molecular weight is 170 g/mol. The van der Waals surface area contributed by atoms with Gasteiger partial charge in [-0.3, -0.25) is 4.79 Å². The second-order valence-corrected chi connectivity index (χ2v) is 4.04. The first-order chi connectivity index (χ1) is 5.46. The third-order valence-corrected chi connectivity index (χ3v) is 2.14. The van der Waals surface area contributed by atoms with Crippen LogP contribution in [0.3, 0.4) is 0 Å². The van der Waals surface area contributed by atoms with Gasteiger partial charge < -0.3 is 10.6 Å². The van der Waals surface area contributed by atoms with E-state index in [4.69, 9.17) is 5.73 Å². The van der Waals surface area contributed by atoms with Crippen LogP contribution >= 0.6 is 0 Å². The first-order valence-electron chi connectivity index (χ1n) is 4.56. The Hall–Kier alpha value is -0.570. The molecule has 12 heavy (non-hydrogen) atoms.